The standard InChI is InChI=1S/C15H10Cl2N2OS/c16-10-6-7-11-14(18-8-21-11)13(10)19-15(20)12(17)9-4-2-1-3-5-9/h1-8,12H,(H,19,20). The third-order valence-corrected chi connectivity index (χ3v) is 4.58. The van der Waals surface area contributed by atoms with Crippen molar-refractivity contribution in [3.8, 4) is 0 Å². The van der Waals surface area contributed by atoms with Crippen LogP contribution in [0.25, 0.3) is 10.2 Å². The first kappa shape index (κ1) is 14.3. The molecule has 0 fully saturated rings. The predicted molar refractivity (Wildman–Crippen MR) is 88.3 cm³/mol. The zero-order chi connectivity index (χ0) is 14.8. The molecular weight excluding hydrogens is 327 g/mol. The minimum absolute atomic E-state index is 0.328. The van der Waals surface area contributed by atoms with Crippen molar-refractivity contribution >= 4 is 56.3 Å². The zero-order valence-electron chi connectivity index (χ0n) is 10.7. The molecule has 3 nitrogen and oxygen atoms in total. The minimum Gasteiger partial charge on any atom is -0.321 e. The summed E-state index contributed by atoms with van der Waals surface area (Å²) in [5, 5.41) is 2.44. The SMILES string of the molecule is O=C(Nc1c(Cl)ccc2scnc12)C(Cl)c1ccccc1. The number of benzene rings is 2. The van der Waals surface area contributed by atoms with E-state index in [1.807, 2.05) is 36.4 Å². The van der Waals surface area contributed by atoms with Gasteiger partial charge in [0.25, 0.3) is 0 Å². The summed E-state index contributed by atoms with van der Waals surface area (Å²) in [7, 11) is 0. The summed E-state index contributed by atoms with van der Waals surface area (Å²) in [4.78, 5) is 16.5. The number of nitrogens with zero attached hydrogens (tertiary/aromatic N) is 1. The summed E-state index contributed by atoms with van der Waals surface area (Å²) >= 11 is 13.9. The number of carbonyl (C=O) groups excluding carboxylic acids is 1. The van der Waals surface area contributed by atoms with E-state index in [1.54, 1.807) is 11.6 Å². The molecule has 0 spiro atoms. The number of fused-ring (bicyclic) bond motifs is 1. The van der Waals surface area contributed by atoms with E-state index < -0.39 is 5.38 Å². The van der Waals surface area contributed by atoms with Crippen LogP contribution in [0.2, 0.25) is 5.02 Å². The number of nitrogens with one attached hydrogen (secondary N) is 1. The summed E-state index contributed by atoms with van der Waals surface area (Å²) in [5.74, 6) is -0.328. The van der Waals surface area contributed by atoms with Crippen LogP contribution in [0.4, 0.5) is 5.69 Å². The van der Waals surface area contributed by atoms with Gasteiger partial charge in [-0.3, -0.25) is 4.79 Å². The summed E-state index contributed by atoms with van der Waals surface area (Å²) in [5.41, 5.74) is 3.63. The van der Waals surface area contributed by atoms with Crippen molar-refractivity contribution in [2.45, 2.75) is 5.38 Å². The first-order valence-electron chi connectivity index (χ1n) is 6.18. The first-order chi connectivity index (χ1) is 10.2. The number of anilines is 1. The van der Waals surface area contributed by atoms with Crippen LogP contribution >= 0.6 is 34.5 Å². The Kier molecular flexibility index (Phi) is 4.10. The maximum absolute atomic E-state index is 12.3. The maximum Gasteiger partial charge on any atom is 0.247 e. The Morgan fingerprint density at radius 3 is 2.71 bits per heavy atom. The van der Waals surface area contributed by atoms with Crippen molar-refractivity contribution < 1.29 is 4.79 Å². The summed E-state index contributed by atoms with van der Waals surface area (Å²) < 4.78 is 0.959. The molecule has 3 rings (SSSR count). The van der Waals surface area contributed by atoms with Crippen molar-refractivity contribution in [3.05, 3.63) is 58.6 Å². The number of alkyl halides is 1. The highest BCUT2D eigenvalue weighted by molar-refractivity contribution is 7.16. The number of hydrogen-bond donors (Lipinski definition) is 1. The Hall–Kier alpha value is -1.62. The highest BCUT2D eigenvalue weighted by Crippen LogP contribution is 2.33. The van der Waals surface area contributed by atoms with E-state index in [-0.39, 0.29) is 5.91 Å². The summed E-state index contributed by atoms with van der Waals surface area (Å²) in [6.07, 6.45) is 0. The van der Waals surface area contributed by atoms with E-state index in [4.69, 9.17) is 23.2 Å². The van der Waals surface area contributed by atoms with Crippen molar-refractivity contribution in [1.82, 2.24) is 4.98 Å². The maximum atomic E-state index is 12.3. The molecule has 0 radical (unpaired) electrons. The number of rotatable bonds is 3. The van der Waals surface area contributed by atoms with Crippen molar-refractivity contribution in [2.75, 3.05) is 5.32 Å². The number of hydrogen-bond acceptors (Lipinski definition) is 3. The lowest BCUT2D eigenvalue weighted by Gasteiger charge is -2.12. The Bertz CT molecular complexity index is 789. The Morgan fingerprint density at radius 1 is 1.19 bits per heavy atom. The van der Waals surface area contributed by atoms with E-state index in [0.717, 1.165) is 10.3 Å². The molecule has 1 amide bonds. The van der Waals surface area contributed by atoms with Gasteiger partial charge in [-0.2, -0.15) is 0 Å². The van der Waals surface area contributed by atoms with E-state index in [0.29, 0.717) is 16.2 Å². The number of halogens is 2. The molecule has 1 aromatic heterocycles. The molecule has 0 bridgehead atoms. The minimum atomic E-state index is -0.781. The molecule has 3 aromatic rings. The van der Waals surface area contributed by atoms with E-state index in [9.17, 15) is 4.79 Å². The van der Waals surface area contributed by atoms with Crippen molar-refractivity contribution in [1.29, 1.82) is 0 Å². The molecule has 0 saturated carbocycles. The van der Waals surface area contributed by atoms with E-state index in [2.05, 4.69) is 10.3 Å². The van der Waals surface area contributed by atoms with Crippen LogP contribution in [0.1, 0.15) is 10.9 Å². The number of aromatic nitrogens is 1. The lowest BCUT2D eigenvalue weighted by Crippen LogP contribution is -2.17. The van der Waals surface area contributed by atoms with Gasteiger partial charge in [0.05, 0.1) is 20.9 Å². The topological polar surface area (TPSA) is 42.0 Å². The van der Waals surface area contributed by atoms with Crippen LogP contribution in [-0.2, 0) is 4.79 Å². The Morgan fingerprint density at radius 2 is 1.95 bits per heavy atom. The third kappa shape index (κ3) is 2.88. The molecule has 1 N–H and O–H groups in total. The van der Waals surface area contributed by atoms with Gasteiger partial charge < -0.3 is 5.32 Å². The molecule has 0 aliphatic carbocycles. The summed E-state index contributed by atoms with van der Waals surface area (Å²) in [6.45, 7) is 0. The van der Waals surface area contributed by atoms with Gasteiger partial charge in [-0.1, -0.05) is 41.9 Å². The lowest BCUT2D eigenvalue weighted by molar-refractivity contribution is -0.116. The van der Waals surface area contributed by atoms with Gasteiger partial charge in [-0.15, -0.1) is 22.9 Å². The Balaban J connectivity index is 1.90. The van der Waals surface area contributed by atoms with Gasteiger partial charge in [0.15, 0.2) is 0 Å². The lowest BCUT2D eigenvalue weighted by atomic mass is 10.1. The molecule has 0 aliphatic heterocycles. The van der Waals surface area contributed by atoms with Gasteiger partial charge in [-0.25, -0.2) is 4.98 Å². The van der Waals surface area contributed by atoms with Gasteiger partial charge in [0.1, 0.15) is 10.9 Å². The molecule has 106 valence electrons. The number of amides is 1. The second-order valence-electron chi connectivity index (χ2n) is 4.38. The molecule has 1 atom stereocenters. The third-order valence-electron chi connectivity index (χ3n) is 3.02. The van der Waals surface area contributed by atoms with E-state index in [1.165, 1.54) is 11.3 Å². The van der Waals surface area contributed by atoms with Gasteiger partial charge >= 0.3 is 0 Å². The smallest absolute Gasteiger partial charge is 0.247 e. The van der Waals surface area contributed by atoms with Crippen LogP contribution in [0.5, 0.6) is 0 Å². The highest BCUT2D eigenvalue weighted by atomic mass is 35.5. The van der Waals surface area contributed by atoms with Crippen LogP contribution in [0.15, 0.2) is 48.0 Å². The van der Waals surface area contributed by atoms with Gasteiger partial charge in [0.2, 0.25) is 5.91 Å². The molecule has 21 heavy (non-hydrogen) atoms. The molecule has 0 aliphatic rings. The molecule has 1 heterocycles. The second kappa shape index (κ2) is 6.02. The largest absolute Gasteiger partial charge is 0.321 e. The fraction of sp³-hybridized carbons (Fsp3) is 0.0667. The van der Waals surface area contributed by atoms with Crippen LogP contribution in [0.3, 0.4) is 0 Å². The van der Waals surface area contributed by atoms with Crippen LogP contribution < -0.4 is 5.32 Å². The molecule has 1 unspecified atom stereocenters. The fourth-order valence-electron chi connectivity index (χ4n) is 1.99. The predicted octanol–water partition coefficient (Wildman–Crippen LogP) is 4.87. The van der Waals surface area contributed by atoms with E-state index >= 15 is 0 Å². The monoisotopic (exact) mass is 336 g/mol. The van der Waals surface area contributed by atoms with Crippen molar-refractivity contribution in [2.24, 2.45) is 0 Å². The quantitative estimate of drug-likeness (QED) is 0.693. The number of thiazole rings is 1. The second-order valence-corrected chi connectivity index (χ2v) is 6.11. The van der Waals surface area contributed by atoms with Gasteiger partial charge in [0, 0.05) is 0 Å². The van der Waals surface area contributed by atoms with Crippen LogP contribution in [-0.4, -0.2) is 10.9 Å². The summed E-state index contributed by atoms with van der Waals surface area (Å²) in [6, 6.07) is 12.8. The zero-order valence-corrected chi connectivity index (χ0v) is 13.0. The molecule has 0 saturated heterocycles. The number of carbonyl (C=O) groups is 1. The molecule has 2 aromatic carbocycles. The van der Waals surface area contributed by atoms with Crippen molar-refractivity contribution in [3.63, 3.8) is 0 Å². The molecular formula is C15H10Cl2N2OS. The highest BCUT2D eigenvalue weighted by Gasteiger charge is 2.20. The average molecular weight is 337 g/mol. The normalized spacial score (nSPS) is 12.3. The van der Waals surface area contributed by atoms with Crippen LogP contribution in [0, 0.1) is 0 Å². The first-order valence-corrected chi connectivity index (χ1v) is 7.88. The molecule has 6 heteroatoms. The average Bonchev–Trinajstić information content (AvgIpc) is 2.99. The van der Waals surface area contributed by atoms with Gasteiger partial charge in [-0.05, 0) is 17.7 Å². The fourth-order valence-corrected chi connectivity index (χ4v) is 3.07. The Labute approximate surface area is 135 Å².